The topological polar surface area (TPSA) is 148 Å². The summed E-state index contributed by atoms with van der Waals surface area (Å²) in [5.74, 6) is 0.0818. The van der Waals surface area contributed by atoms with E-state index in [4.69, 9.17) is 9.47 Å². The molecule has 2 aromatic heterocycles. The summed E-state index contributed by atoms with van der Waals surface area (Å²) >= 11 is 0. The lowest BCUT2D eigenvalue weighted by Gasteiger charge is -2.32. The van der Waals surface area contributed by atoms with Crippen LogP contribution < -0.4 is 25.4 Å². The number of amides is 4. The van der Waals surface area contributed by atoms with Crippen molar-refractivity contribution < 1.29 is 28.7 Å². The number of nitrogens with one attached hydrogen (secondary N) is 3. The number of methoxy groups -OCH3 is 1. The van der Waals surface area contributed by atoms with Crippen LogP contribution in [0.1, 0.15) is 61.7 Å². The maximum atomic E-state index is 13.4. The molecule has 8 rings (SSSR count). The van der Waals surface area contributed by atoms with Gasteiger partial charge in [-0.2, -0.15) is 0 Å². The Kier molecular flexibility index (Phi) is 11.3. The predicted molar refractivity (Wildman–Crippen MR) is 232 cm³/mol. The molecule has 2 aliphatic heterocycles. The van der Waals surface area contributed by atoms with E-state index in [1.807, 2.05) is 97.2 Å². The van der Waals surface area contributed by atoms with Crippen molar-refractivity contribution in [1.82, 2.24) is 14.0 Å². The summed E-state index contributed by atoms with van der Waals surface area (Å²) in [6.07, 6.45) is 8.49. The number of benzene rings is 4. The van der Waals surface area contributed by atoms with Crippen LogP contribution in [-0.4, -0.2) is 63.6 Å². The lowest BCUT2D eigenvalue weighted by molar-refractivity contribution is -0.115. The summed E-state index contributed by atoms with van der Waals surface area (Å²) in [5.41, 5.74) is 7.12. The highest BCUT2D eigenvalue weighted by Crippen LogP contribution is 2.38. The van der Waals surface area contributed by atoms with E-state index in [1.54, 1.807) is 59.8 Å². The predicted octanol–water partition coefficient (Wildman–Crippen LogP) is 8.01. The minimum absolute atomic E-state index is 0.00642. The van der Waals surface area contributed by atoms with E-state index in [0.29, 0.717) is 52.1 Å². The molecule has 0 spiro atoms. The monoisotopic (exact) mass is 803 g/mol. The molecule has 0 radical (unpaired) electrons. The Balaban J connectivity index is 0.856. The van der Waals surface area contributed by atoms with Crippen LogP contribution in [0.2, 0.25) is 0 Å². The van der Waals surface area contributed by atoms with Crippen LogP contribution in [-0.2, 0) is 31.9 Å². The van der Waals surface area contributed by atoms with Crippen LogP contribution in [0.5, 0.6) is 11.5 Å². The summed E-state index contributed by atoms with van der Waals surface area (Å²) in [4.78, 5) is 59.3. The van der Waals surface area contributed by atoms with Crippen LogP contribution >= 0.6 is 0 Å². The molecule has 6 aromatic rings. The lowest BCUT2D eigenvalue weighted by Crippen LogP contribution is -2.43. The molecule has 3 N–H and O–H groups in total. The number of fused-ring (bicyclic) bond motifs is 2. The number of carbonyl (C=O) groups is 4. The normalized spacial score (nSPS) is 14.4. The van der Waals surface area contributed by atoms with E-state index >= 15 is 0 Å². The molecule has 4 amide bonds. The molecule has 13 heteroatoms. The first-order valence-corrected chi connectivity index (χ1v) is 19.8. The molecule has 4 aromatic carbocycles. The summed E-state index contributed by atoms with van der Waals surface area (Å²) in [7, 11) is 5.11. The van der Waals surface area contributed by atoms with E-state index in [2.05, 4.69) is 20.9 Å². The lowest BCUT2D eigenvalue weighted by atomic mass is 10.0. The Bertz CT molecular complexity index is 2610. The van der Waals surface area contributed by atoms with Crippen LogP contribution in [0.3, 0.4) is 0 Å². The molecule has 0 aliphatic carbocycles. The Hall–Kier alpha value is -7.41. The van der Waals surface area contributed by atoms with Gasteiger partial charge >= 0.3 is 0 Å². The van der Waals surface area contributed by atoms with Crippen molar-refractivity contribution in [3.05, 3.63) is 144 Å². The summed E-state index contributed by atoms with van der Waals surface area (Å²) in [5, 5.41) is 8.75. The quantitative estimate of drug-likeness (QED) is 0.114. The molecule has 304 valence electrons. The average molecular weight is 804 g/mol. The first-order valence-electron chi connectivity index (χ1n) is 19.8. The minimum atomic E-state index is -0.335. The third-order valence-corrected chi connectivity index (χ3v) is 10.7. The average Bonchev–Trinajstić information content (AvgIpc) is 3.79. The highest BCUT2D eigenvalue weighted by molar-refractivity contribution is 6.06. The number of aromatic nitrogens is 2. The van der Waals surface area contributed by atoms with Crippen molar-refractivity contribution >= 4 is 52.6 Å². The maximum Gasteiger partial charge on any atom is 0.272 e. The highest BCUT2D eigenvalue weighted by Gasteiger charge is 2.31. The zero-order valence-corrected chi connectivity index (χ0v) is 33.6. The molecular formula is C47H45N7O6. The molecule has 1 fully saturated rings. The number of nitrogens with zero attached hydrogens (tertiary/aromatic N) is 4. The van der Waals surface area contributed by atoms with E-state index in [1.165, 1.54) is 0 Å². The zero-order chi connectivity index (χ0) is 41.8. The first-order chi connectivity index (χ1) is 29.1. The van der Waals surface area contributed by atoms with Gasteiger partial charge in [0.05, 0.1) is 36.5 Å². The first kappa shape index (κ1) is 39.4. The SMILES string of the molecule is COc1cc2c(cc1OCc1cccc(CC(=O)Nc3cc(C(=O)Nc4ccc(-c5cc(C(=O)Nc6ccccc6)n(C)c5)cc4)n(C)c3)c1)N=C[C@@H]1CCCCN1C2=O. The smallest absolute Gasteiger partial charge is 0.272 e. The number of para-hydroxylation sites is 1. The Labute approximate surface area is 347 Å². The molecule has 4 heterocycles. The van der Waals surface area contributed by atoms with Gasteiger partial charge in [-0.1, -0.05) is 54.6 Å². The molecule has 60 heavy (non-hydrogen) atoms. The number of ether oxygens (including phenoxy) is 2. The second-order valence-electron chi connectivity index (χ2n) is 15.0. The molecule has 0 bridgehead atoms. The van der Waals surface area contributed by atoms with Crippen molar-refractivity contribution in [3.8, 4) is 22.6 Å². The fraction of sp³-hybridized carbons (Fsp3) is 0.213. The second-order valence-corrected chi connectivity index (χ2v) is 15.0. The number of hydrogen-bond acceptors (Lipinski definition) is 7. The van der Waals surface area contributed by atoms with Gasteiger partial charge in [0, 0.05) is 62.3 Å². The largest absolute Gasteiger partial charge is 0.493 e. The number of carbonyl (C=O) groups excluding carboxylic acids is 4. The van der Waals surface area contributed by atoms with Crippen molar-refractivity contribution in [1.29, 1.82) is 0 Å². The van der Waals surface area contributed by atoms with Crippen LogP contribution in [0.25, 0.3) is 11.1 Å². The van der Waals surface area contributed by atoms with Gasteiger partial charge in [-0.3, -0.25) is 24.2 Å². The van der Waals surface area contributed by atoms with E-state index in [0.717, 1.165) is 47.2 Å². The molecule has 1 atom stereocenters. The molecule has 2 aliphatic rings. The van der Waals surface area contributed by atoms with Gasteiger partial charge in [-0.15, -0.1) is 0 Å². The molecule has 0 saturated carbocycles. The maximum absolute atomic E-state index is 13.4. The van der Waals surface area contributed by atoms with Crippen LogP contribution in [0.4, 0.5) is 22.7 Å². The fourth-order valence-electron chi connectivity index (χ4n) is 7.63. The van der Waals surface area contributed by atoms with Crippen LogP contribution in [0, 0.1) is 0 Å². The summed E-state index contributed by atoms with van der Waals surface area (Å²) < 4.78 is 15.2. The Morgan fingerprint density at radius 2 is 1.43 bits per heavy atom. The number of hydrogen-bond donors (Lipinski definition) is 3. The van der Waals surface area contributed by atoms with Crippen molar-refractivity contribution in [2.75, 3.05) is 29.6 Å². The van der Waals surface area contributed by atoms with E-state index < -0.39 is 0 Å². The number of aryl methyl sites for hydroxylation is 2. The molecular weight excluding hydrogens is 759 g/mol. The van der Waals surface area contributed by atoms with Gasteiger partial charge in [0.2, 0.25) is 5.91 Å². The highest BCUT2D eigenvalue weighted by atomic mass is 16.5. The summed E-state index contributed by atoms with van der Waals surface area (Å²) in [6, 6.07) is 31.1. The van der Waals surface area contributed by atoms with Gasteiger partial charge in [-0.05, 0) is 78.4 Å². The molecule has 1 saturated heterocycles. The van der Waals surface area contributed by atoms with Gasteiger partial charge in [0.25, 0.3) is 17.7 Å². The fourth-order valence-corrected chi connectivity index (χ4v) is 7.63. The van der Waals surface area contributed by atoms with Crippen molar-refractivity contribution in [3.63, 3.8) is 0 Å². The van der Waals surface area contributed by atoms with Gasteiger partial charge in [0.1, 0.15) is 18.0 Å². The number of anilines is 3. The molecule has 13 nitrogen and oxygen atoms in total. The van der Waals surface area contributed by atoms with Gasteiger partial charge < -0.3 is 39.5 Å². The molecule has 0 unspecified atom stereocenters. The summed E-state index contributed by atoms with van der Waals surface area (Å²) in [6.45, 7) is 0.917. The van der Waals surface area contributed by atoms with E-state index in [-0.39, 0.29) is 42.7 Å². The van der Waals surface area contributed by atoms with E-state index in [9.17, 15) is 19.2 Å². The number of piperidine rings is 1. The Morgan fingerprint density at radius 1 is 0.717 bits per heavy atom. The minimum Gasteiger partial charge on any atom is -0.493 e. The number of aliphatic imine (C=N–C) groups is 1. The van der Waals surface area contributed by atoms with Crippen LogP contribution in [0.15, 0.2) is 121 Å². The Morgan fingerprint density at radius 3 is 2.20 bits per heavy atom. The third kappa shape index (κ3) is 8.70. The van der Waals surface area contributed by atoms with Crippen molar-refractivity contribution in [2.45, 2.75) is 38.3 Å². The zero-order valence-electron chi connectivity index (χ0n) is 33.6. The van der Waals surface area contributed by atoms with Gasteiger partial charge in [-0.25, -0.2) is 0 Å². The van der Waals surface area contributed by atoms with Crippen molar-refractivity contribution in [2.24, 2.45) is 19.1 Å². The van der Waals surface area contributed by atoms with Gasteiger partial charge in [0.15, 0.2) is 11.5 Å². The second kappa shape index (κ2) is 17.2. The standard InChI is InChI=1S/C47H45N7O6/c1-52-27-33(22-40(52)45(56)50-34-12-5-4-6-13-34)32-15-17-35(18-16-32)51-46(57)41-23-36(28-53(41)2)49-44(55)21-30-10-9-11-31(20-30)29-60-43-25-39-38(24-42(43)59-3)47(58)54-19-8-7-14-37(54)26-48-39/h4-6,9-13,15-18,20,22-28,37H,7-8,14,19,21,29H2,1-3H3,(H,49,55)(H,50,56)(H,51,57)/t37-/m0/s1. The number of rotatable bonds is 12. The third-order valence-electron chi connectivity index (χ3n) is 10.7.